The highest BCUT2D eigenvalue weighted by Crippen LogP contribution is 2.49. The number of nitrogens with one attached hydrogen (secondary N) is 1. The summed E-state index contributed by atoms with van der Waals surface area (Å²) >= 11 is 0. The molecule has 1 fully saturated rings. The van der Waals surface area contributed by atoms with E-state index in [1.165, 1.54) is 0 Å². The maximum atomic E-state index is 12.0. The first-order valence-corrected chi connectivity index (χ1v) is 7.74. The number of rotatable bonds is 2. The number of aliphatic carboxylic acids is 2. The van der Waals surface area contributed by atoms with E-state index in [0.29, 0.717) is 13.0 Å². The second-order valence-corrected chi connectivity index (χ2v) is 6.64. The number of likely N-dealkylation sites (tertiary alicyclic amines) is 1. The molecule has 0 bridgehead atoms. The van der Waals surface area contributed by atoms with E-state index in [1.807, 2.05) is 30.1 Å². The average molecular weight is 314 g/mol. The minimum Gasteiger partial charge on any atom is -0.481 e. The van der Waals surface area contributed by atoms with Crippen molar-refractivity contribution in [1.29, 1.82) is 0 Å². The average Bonchev–Trinajstić information content (AvgIpc) is 2.93. The number of benzene rings is 1. The Morgan fingerprint density at radius 3 is 2.70 bits per heavy atom. The summed E-state index contributed by atoms with van der Waals surface area (Å²) in [6, 6.07) is 5.67. The molecule has 2 aromatic rings. The molecule has 1 aromatic heterocycles. The molecule has 1 aromatic carbocycles. The van der Waals surface area contributed by atoms with E-state index >= 15 is 0 Å². The zero-order valence-electron chi connectivity index (χ0n) is 12.7. The van der Waals surface area contributed by atoms with Crippen LogP contribution in [0.4, 0.5) is 0 Å². The predicted molar refractivity (Wildman–Crippen MR) is 83.6 cm³/mol. The number of aromatic nitrogens is 1. The van der Waals surface area contributed by atoms with Gasteiger partial charge in [-0.1, -0.05) is 12.1 Å². The molecule has 2 aliphatic rings. The van der Waals surface area contributed by atoms with E-state index in [-0.39, 0.29) is 12.0 Å². The minimum atomic E-state index is -0.851. The lowest BCUT2D eigenvalue weighted by atomic mass is 9.67. The summed E-state index contributed by atoms with van der Waals surface area (Å²) in [6.07, 6.45) is 2.28. The lowest BCUT2D eigenvalue weighted by Gasteiger charge is -2.47. The molecule has 2 unspecified atom stereocenters. The Morgan fingerprint density at radius 2 is 2.00 bits per heavy atom. The number of aromatic amines is 1. The third-order valence-corrected chi connectivity index (χ3v) is 5.43. The second-order valence-electron chi connectivity index (χ2n) is 6.64. The largest absolute Gasteiger partial charge is 0.481 e. The van der Waals surface area contributed by atoms with Gasteiger partial charge in [0.25, 0.3) is 0 Å². The van der Waals surface area contributed by atoms with Crippen LogP contribution in [0.5, 0.6) is 0 Å². The van der Waals surface area contributed by atoms with E-state index in [9.17, 15) is 19.8 Å². The summed E-state index contributed by atoms with van der Waals surface area (Å²) in [4.78, 5) is 28.5. The van der Waals surface area contributed by atoms with E-state index in [0.717, 1.165) is 22.0 Å². The van der Waals surface area contributed by atoms with Gasteiger partial charge in [-0.25, -0.2) is 0 Å². The Morgan fingerprint density at radius 1 is 1.22 bits per heavy atom. The molecule has 3 N–H and O–H groups in total. The van der Waals surface area contributed by atoms with Gasteiger partial charge in [-0.15, -0.1) is 0 Å². The van der Waals surface area contributed by atoms with Crippen LogP contribution in [0, 0.1) is 5.92 Å². The number of fused-ring (bicyclic) bond motifs is 2. The first kappa shape index (κ1) is 14.3. The topological polar surface area (TPSA) is 93.6 Å². The third kappa shape index (κ3) is 1.91. The van der Waals surface area contributed by atoms with E-state index in [2.05, 4.69) is 4.98 Å². The molecule has 6 nitrogen and oxygen atoms in total. The van der Waals surface area contributed by atoms with Gasteiger partial charge in [-0.3, -0.25) is 9.59 Å². The number of H-pyrrole nitrogens is 1. The molecule has 2 heterocycles. The maximum Gasteiger partial charge on any atom is 0.312 e. The number of nitrogens with zero attached hydrogens (tertiary/aromatic N) is 1. The molecule has 0 radical (unpaired) electrons. The number of piperidine rings is 1. The van der Waals surface area contributed by atoms with Crippen molar-refractivity contribution >= 4 is 22.8 Å². The highest BCUT2D eigenvalue weighted by Gasteiger charge is 2.48. The zero-order valence-corrected chi connectivity index (χ0v) is 12.7. The van der Waals surface area contributed by atoms with E-state index in [1.54, 1.807) is 6.20 Å². The van der Waals surface area contributed by atoms with Gasteiger partial charge >= 0.3 is 11.9 Å². The number of carboxylic acid groups (broad SMARTS) is 2. The predicted octanol–water partition coefficient (Wildman–Crippen LogP) is 1.84. The molecule has 23 heavy (non-hydrogen) atoms. The number of carboxylic acids is 2. The summed E-state index contributed by atoms with van der Waals surface area (Å²) in [5.41, 5.74) is 2.80. The summed E-state index contributed by atoms with van der Waals surface area (Å²) in [6.45, 7) is 0.385. The number of likely N-dealkylation sites (N-methyl/N-ethyl adjacent to an activating group) is 1. The van der Waals surface area contributed by atoms with Crippen molar-refractivity contribution in [3.63, 3.8) is 0 Å². The second kappa shape index (κ2) is 4.83. The fourth-order valence-electron chi connectivity index (χ4n) is 4.53. The minimum absolute atomic E-state index is 0.0806. The Balaban J connectivity index is 1.94. The molecule has 6 heteroatoms. The van der Waals surface area contributed by atoms with Crippen LogP contribution in [0.2, 0.25) is 0 Å². The fourth-order valence-corrected chi connectivity index (χ4v) is 4.53. The molecule has 4 rings (SSSR count). The lowest BCUT2D eigenvalue weighted by molar-refractivity contribution is -0.146. The van der Waals surface area contributed by atoms with Crippen LogP contribution >= 0.6 is 0 Å². The van der Waals surface area contributed by atoms with Crippen LogP contribution in [-0.4, -0.2) is 51.7 Å². The Labute approximate surface area is 132 Å². The van der Waals surface area contributed by atoms with Crippen LogP contribution in [0.1, 0.15) is 29.4 Å². The molecule has 1 saturated heterocycles. The van der Waals surface area contributed by atoms with Crippen LogP contribution in [-0.2, 0) is 9.59 Å². The Hall–Kier alpha value is -2.34. The monoisotopic (exact) mass is 314 g/mol. The molecule has 0 saturated carbocycles. The molecule has 0 spiro atoms. The molecule has 1 aliphatic carbocycles. The quantitative estimate of drug-likeness (QED) is 0.786. The van der Waals surface area contributed by atoms with Crippen LogP contribution in [0.3, 0.4) is 0 Å². The van der Waals surface area contributed by atoms with Gasteiger partial charge in [-0.2, -0.15) is 0 Å². The summed E-state index contributed by atoms with van der Waals surface area (Å²) in [5.74, 6) is -2.84. The van der Waals surface area contributed by atoms with Gasteiger partial charge < -0.3 is 20.1 Å². The summed E-state index contributed by atoms with van der Waals surface area (Å²) in [7, 11) is 1.83. The van der Waals surface area contributed by atoms with Crippen molar-refractivity contribution < 1.29 is 19.8 Å². The van der Waals surface area contributed by atoms with Crippen molar-refractivity contribution in [2.24, 2.45) is 5.92 Å². The Kier molecular flexibility index (Phi) is 2.99. The summed E-state index contributed by atoms with van der Waals surface area (Å²) in [5, 5.41) is 20.2. The first-order valence-electron chi connectivity index (χ1n) is 7.74. The normalized spacial score (nSPS) is 30.1. The smallest absolute Gasteiger partial charge is 0.312 e. The number of hydrogen-bond donors (Lipinski definition) is 3. The van der Waals surface area contributed by atoms with Crippen LogP contribution in [0.25, 0.3) is 10.9 Å². The van der Waals surface area contributed by atoms with Crippen molar-refractivity contribution in [2.75, 3.05) is 13.6 Å². The zero-order chi connectivity index (χ0) is 16.3. The van der Waals surface area contributed by atoms with Gasteiger partial charge in [0.1, 0.15) is 0 Å². The van der Waals surface area contributed by atoms with Gasteiger partial charge in [0.05, 0.1) is 11.8 Å². The van der Waals surface area contributed by atoms with Crippen LogP contribution in [0.15, 0.2) is 24.4 Å². The molecular formula is C17H18N2O4. The number of hydrogen-bond acceptors (Lipinski definition) is 3. The van der Waals surface area contributed by atoms with Crippen molar-refractivity contribution in [1.82, 2.24) is 9.88 Å². The first-order chi connectivity index (χ1) is 11.0. The SMILES string of the molecule is CN1CC(C(=O)O)C[C@@H]2c3cccc4[nH]cc(c34)C(C(=O)O)[C@H]21. The van der Waals surface area contributed by atoms with E-state index < -0.39 is 23.8 Å². The van der Waals surface area contributed by atoms with Gasteiger partial charge in [0, 0.05) is 35.6 Å². The molecule has 120 valence electrons. The van der Waals surface area contributed by atoms with Crippen LogP contribution < -0.4 is 0 Å². The maximum absolute atomic E-state index is 12.0. The van der Waals surface area contributed by atoms with Gasteiger partial charge in [0.2, 0.25) is 0 Å². The molecular weight excluding hydrogens is 296 g/mol. The fraction of sp³-hybridized carbons (Fsp3) is 0.412. The van der Waals surface area contributed by atoms with Crippen molar-refractivity contribution in [2.45, 2.75) is 24.3 Å². The highest BCUT2D eigenvalue weighted by molar-refractivity contribution is 5.94. The van der Waals surface area contributed by atoms with E-state index in [4.69, 9.17) is 0 Å². The molecule has 1 aliphatic heterocycles. The third-order valence-electron chi connectivity index (χ3n) is 5.43. The molecule has 4 atom stereocenters. The van der Waals surface area contributed by atoms with Crippen molar-refractivity contribution in [3.05, 3.63) is 35.5 Å². The summed E-state index contributed by atoms with van der Waals surface area (Å²) < 4.78 is 0. The number of carbonyl (C=O) groups is 2. The van der Waals surface area contributed by atoms with Gasteiger partial charge in [0.15, 0.2) is 0 Å². The van der Waals surface area contributed by atoms with Crippen molar-refractivity contribution in [3.8, 4) is 0 Å². The standard InChI is InChI=1S/C17H18N2O4/c1-19-7-8(16(20)21)5-10-9-3-2-4-12-13(9)11(6-18-12)14(15(10)19)17(22)23/h2-4,6,8,10,14-15,18H,5,7H2,1H3,(H,20,21)(H,22,23)/t8?,10-,14?,15+/m1/s1. The molecule has 0 amide bonds. The Bertz CT molecular complexity index is 812. The lowest BCUT2D eigenvalue weighted by Crippen LogP contribution is -2.52. The van der Waals surface area contributed by atoms with Gasteiger partial charge in [-0.05, 0) is 30.7 Å². The highest BCUT2D eigenvalue weighted by atomic mass is 16.4.